The second kappa shape index (κ2) is 5.36. The average molecular weight is 257 g/mol. The van der Waals surface area contributed by atoms with Crippen LogP contribution in [0.15, 0.2) is 24.3 Å². The van der Waals surface area contributed by atoms with Gasteiger partial charge < -0.3 is 4.90 Å². The number of carbonyl (C=O) groups is 1. The fourth-order valence-electron chi connectivity index (χ4n) is 3.83. The first-order valence-electron chi connectivity index (χ1n) is 7.63. The second-order valence-corrected chi connectivity index (χ2v) is 6.05. The molecule has 1 atom stereocenters. The standard InChI is InChI=1S/C17H23NO/c1-13(19)14-8-10-16(11-9-14)18-12-4-7-17(18)15-5-2-3-6-15/h8-11,15,17H,2-7,12H2,1H3. The molecule has 1 aliphatic heterocycles. The molecular weight excluding hydrogens is 234 g/mol. The summed E-state index contributed by atoms with van der Waals surface area (Å²) < 4.78 is 0. The molecular formula is C17H23NO. The summed E-state index contributed by atoms with van der Waals surface area (Å²) in [7, 11) is 0. The molecule has 1 aromatic carbocycles. The van der Waals surface area contributed by atoms with Crippen LogP contribution >= 0.6 is 0 Å². The van der Waals surface area contributed by atoms with Crippen LogP contribution in [0.2, 0.25) is 0 Å². The van der Waals surface area contributed by atoms with Crippen LogP contribution in [0.1, 0.15) is 55.8 Å². The fraction of sp³-hybridized carbons (Fsp3) is 0.588. The van der Waals surface area contributed by atoms with E-state index in [4.69, 9.17) is 0 Å². The molecule has 1 heterocycles. The number of anilines is 1. The van der Waals surface area contributed by atoms with Crippen LogP contribution in [0.3, 0.4) is 0 Å². The van der Waals surface area contributed by atoms with E-state index in [1.165, 1.54) is 50.8 Å². The van der Waals surface area contributed by atoms with Crippen LogP contribution in [0, 0.1) is 5.92 Å². The Morgan fingerprint density at radius 1 is 1.05 bits per heavy atom. The first kappa shape index (κ1) is 12.7. The Bertz CT molecular complexity index is 445. The molecule has 0 amide bonds. The number of hydrogen-bond donors (Lipinski definition) is 0. The van der Waals surface area contributed by atoms with Crippen molar-refractivity contribution in [2.45, 2.75) is 51.5 Å². The van der Waals surface area contributed by atoms with Crippen molar-refractivity contribution in [3.8, 4) is 0 Å². The number of rotatable bonds is 3. The van der Waals surface area contributed by atoms with Gasteiger partial charge in [0.05, 0.1) is 0 Å². The van der Waals surface area contributed by atoms with Crippen molar-refractivity contribution in [3.63, 3.8) is 0 Å². The molecule has 102 valence electrons. The molecule has 2 aliphatic rings. The predicted molar refractivity (Wildman–Crippen MR) is 78.8 cm³/mol. The number of carbonyl (C=O) groups excluding carboxylic acids is 1. The Labute approximate surface area is 115 Å². The minimum Gasteiger partial charge on any atom is -0.368 e. The molecule has 1 saturated carbocycles. The summed E-state index contributed by atoms with van der Waals surface area (Å²) in [4.78, 5) is 13.9. The molecule has 2 heteroatoms. The molecule has 19 heavy (non-hydrogen) atoms. The SMILES string of the molecule is CC(=O)c1ccc(N2CCCC2C2CCCC2)cc1. The van der Waals surface area contributed by atoms with Gasteiger partial charge in [-0.15, -0.1) is 0 Å². The molecule has 1 aliphatic carbocycles. The summed E-state index contributed by atoms with van der Waals surface area (Å²) in [6, 6.07) is 8.95. The van der Waals surface area contributed by atoms with Crippen molar-refractivity contribution in [1.82, 2.24) is 0 Å². The van der Waals surface area contributed by atoms with E-state index < -0.39 is 0 Å². The minimum atomic E-state index is 0.153. The maximum absolute atomic E-state index is 11.3. The number of benzene rings is 1. The van der Waals surface area contributed by atoms with Crippen LogP contribution in [-0.4, -0.2) is 18.4 Å². The van der Waals surface area contributed by atoms with Crippen molar-refractivity contribution in [2.75, 3.05) is 11.4 Å². The number of hydrogen-bond acceptors (Lipinski definition) is 2. The van der Waals surface area contributed by atoms with Gasteiger partial charge in [-0.05, 0) is 62.8 Å². The molecule has 0 aromatic heterocycles. The quantitative estimate of drug-likeness (QED) is 0.761. The maximum Gasteiger partial charge on any atom is 0.159 e. The lowest BCUT2D eigenvalue weighted by atomic mass is 9.95. The van der Waals surface area contributed by atoms with Gasteiger partial charge in [0.25, 0.3) is 0 Å². The Morgan fingerprint density at radius 3 is 2.37 bits per heavy atom. The third-order valence-corrected chi connectivity index (χ3v) is 4.85. The van der Waals surface area contributed by atoms with E-state index >= 15 is 0 Å². The van der Waals surface area contributed by atoms with Gasteiger partial charge in [0.15, 0.2) is 5.78 Å². The fourth-order valence-corrected chi connectivity index (χ4v) is 3.83. The third-order valence-electron chi connectivity index (χ3n) is 4.85. The van der Waals surface area contributed by atoms with E-state index in [-0.39, 0.29) is 5.78 Å². The summed E-state index contributed by atoms with van der Waals surface area (Å²) >= 11 is 0. The average Bonchev–Trinajstić information content (AvgIpc) is 3.09. The summed E-state index contributed by atoms with van der Waals surface area (Å²) in [5.74, 6) is 1.05. The smallest absolute Gasteiger partial charge is 0.159 e. The topological polar surface area (TPSA) is 20.3 Å². The molecule has 1 unspecified atom stereocenters. The minimum absolute atomic E-state index is 0.153. The lowest BCUT2D eigenvalue weighted by Crippen LogP contribution is -2.34. The number of nitrogens with zero attached hydrogens (tertiary/aromatic N) is 1. The molecule has 1 saturated heterocycles. The third kappa shape index (κ3) is 2.54. The van der Waals surface area contributed by atoms with E-state index in [1.54, 1.807) is 6.92 Å². The first-order valence-corrected chi connectivity index (χ1v) is 7.63. The van der Waals surface area contributed by atoms with Crippen molar-refractivity contribution < 1.29 is 4.79 Å². The number of ketones is 1. The Hall–Kier alpha value is -1.31. The molecule has 0 bridgehead atoms. The maximum atomic E-state index is 11.3. The highest BCUT2D eigenvalue weighted by Gasteiger charge is 2.33. The Morgan fingerprint density at radius 2 is 1.74 bits per heavy atom. The van der Waals surface area contributed by atoms with Crippen LogP contribution in [0.4, 0.5) is 5.69 Å². The van der Waals surface area contributed by atoms with Gasteiger partial charge in [-0.2, -0.15) is 0 Å². The number of Topliss-reactive ketones (excluding diaryl/α,β-unsaturated/α-hetero) is 1. The van der Waals surface area contributed by atoms with Crippen molar-refractivity contribution in [1.29, 1.82) is 0 Å². The van der Waals surface area contributed by atoms with E-state index in [0.717, 1.165) is 17.5 Å². The van der Waals surface area contributed by atoms with E-state index in [1.807, 2.05) is 12.1 Å². The van der Waals surface area contributed by atoms with Gasteiger partial charge in [-0.25, -0.2) is 0 Å². The van der Waals surface area contributed by atoms with E-state index in [0.29, 0.717) is 0 Å². The van der Waals surface area contributed by atoms with Gasteiger partial charge in [0.2, 0.25) is 0 Å². The monoisotopic (exact) mass is 257 g/mol. The summed E-state index contributed by atoms with van der Waals surface area (Å²) in [6.07, 6.45) is 8.31. The van der Waals surface area contributed by atoms with Crippen LogP contribution in [0.25, 0.3) is 0 Å². The predicted octanol–water partition coefficient (Wildman–Crippen LogP) is 4.05. The van der Waals surface area contributed by atoms with Crippen LogP contribution in [-0.2, 0) is 0 Å². The van der Waals surface area contributed by atoms with E-state index in [9.17, 15) is 4.79 Å². The van der Waals surface area contributed by atoms with Gasteiger partial charge in [-0.1, -0.05) is 12.8 Å². The first-order chi connectivity index (χ1) is 9.25. The van der Waals surface area contributed by atoms with Crippen LogP contribution < -0.4 is 4.90 Å². The lowest BCUT2D eigenvalue weighted by Gasteiger charge is -2.31. The highest BCUT2D eigenvalue weighted by molar-refractivity contribution is 5.94. The molecule has 0 spiro atoms. The Kier molecular flexibility index (Phi) is 3.58. The highest BCUT2D eigenvalue weighted by atomic mass is 16.1. The lowest BCUT2D eigenvalue weighted by molar-refractivity contribution is 0.101. The normalized spacial score (nSPS) is 24.1. The zero-order valence-corrected chi connectivity index (χ0v) is 11.8. The van der Waals surface area contributed by atoms with Crippen molar-refractivity contribution in [2.24, 2.45) is 5.92 Å². The van der Waals surface area contributed by atoms with Crippen molar-refractivity contribution in [3.05, 3.63) is 29.8 Å². The Balaban J connectivity index is 1.78. The molecule has 2 fully saturated rings. The van der Waals surface area contributed by atoms with Crippen LogP contribution in [0.5, 0.6) is 0 Å². The zero-order chi connectivity index (χ0) is 13.2. The summed E-state index contributed by atoms with van der Waals surface area (Å²) in [5, 5.41) is 0. The molecule has 3 rings (SSSR count). The largest absolute Gasteiger partial charge is 0.368 e. The molecule has 0 N–H and O–H groups in total. The summed E-state index contributed by atoms with van der Waals surface area (Å²) in [6.45, 7) is 2.81. The molecule has 0 radical (unpaired) electrons. The zero-order valence-electron chi connectivity index (χ0n) is 11.8. The molecule has 1 aromatic rings. The van der Waals surface area contributed by atoms with Gasteiger partial charge in [-0.3, -0.25) is 4.79 Å². The molecule has 2 nitrogen and oxygen atoms in total. The highest BCUT2D eigenvalue weighted by Crippen LogP contribution is 2.37. The second-order valence-electron chi connectivity index (χ2n) is 6.05. The van der Waals surface area contributed by atoms with Gasteiger partial charge in [0, 0.05) is 23.8 Å². The van der Waals surface area contributed by atoms with Gasteiger partial charge >= 0.3 is 0 Å². The van der Waals surface area contributed by atoms with Gasteiger partial charge in [0.1, 0.15) is 0 Å². The van der Waals surface area contributed by atoms with Crippen molar-refractivity contribution >= 4 is 11.5 Å². The summed E-state index contributed by atoms with van der Waals surface area (Å²) in [5.41, 5.74) is 2.12. The van der Waals surface area contributed by atoms with E-state index in [2.05, 4.69) is 17.0 Å².